The Morgan fingerprint density at radius 1 is 1.12 bits per heavy atom. The summed E-state index contributed by atoms with van der Waals surface area (Å²) in [5.74, 6) is 1.62. The third-order valence-corrected chi connectivity index (χ3v) is 6.05. The quantitative estimate of drug-likeness (QED) is 0.752. The third-order valence-electron chi connectivity index (χ3n) is 6.05. The molecule has 0 aliphatic heterocycles. The van der Waals surface area contributed by atoms with Gasteiger partial charge in [0, 0.05) is 31.4 Å². The Bertz CT molecular complexity index is 746. The Balaban J connectivity index is 1.58. The van der Waals surface area contributed by atoms with Crippen molar-refractivity contribution < 1.29 is 4.52 Å². The van der Waals surface area contributed by atoms with Crippen LogP contribution in [0.2, 0.25) is 0 Å². The highest BCUT2D eigenvalue weighted by Crippen LogP contribution is 2.33. The van der Waals surface area contributed by atoms with Gasteiger partial charge in [0.15, 0.2) is 0 Å². The average Bonchev–Trinajstić information content (AvgIpc) is 3.39. The zero-order valence-electron chi connectivity index (χ0n) is 16.2. The standard InChI is InChI=1S/C22H31N3O/c1-3-25(15-17-7-4-5-8-17)21-13-19-10-6-9-18(19)12-20(21)14-23-22-11-16(2)24-26-22/h11-13,17,23H,3-10,14-15H2,1-2H3. The summed E-state index contributed by atoms with van der Waals surface area (Å²) in [5.41, 5.74) is 6.82. The van der Waals surface area contributed by atoms with Gasteiger partial charge in [-0.3, -0.25) is 0 Å². The molecule has 0 atom stereocenters. The number of nitrogens with one attached hydrogen (secondary N) is 1. The van der Waals surface area contributed by atoms with Gasteiger partial charge in [0.2, 0.25) is 5.88 Å². The lowest BCUT2D eigenvalue weighted by Crippen LogP contribution is -2.29. The molecular weight excluding hydrogens is 322 g/mol. The van der Waals surface area contributed by atoms with Gasteiger partial charge in [-0.15, -0.1) is 0 Å². The van der Waals surface area contributed by atoms with Crippen LogP contribution in [0.4, 0.5) is 11.6 Å². The van der Waals surface area contributed by atoms with E-state index in [-0.39, 0.29) is 0 Å². The number of nitrogens with zero attached hydrogens (tertiary/aromatic N) is 2. The molecule has 1 fully saturated rings. The molecule has 1 heterocycles. The van der Waals surface area contributed by atoms with E-state index >= 15 is 0 Å². The summed E-state index contributed by atoms with van der Waals surface area (Å²) in [4.78, 5) is 2.61. The highest BCUT2D eigenvalue weighted by atomic mass is 16.5. The summed E-state index contributed by atoms with van der Waals surface area (Å²) in [6.07, 6.45) is 9.36. The van der Waals surface area contributed by atoms with Gasteiger partial charge >= 0.3 is 0 Å². The van der Waals surface area contributed by atoms with E-state index in [2.05, 4.69) is 34.4 Å². The molecule has 1 aromatic carbocycles. The van der Waals surface area contributed by atoms with Gasteiger partial charge in [-0.1, -0.05) is 24.1 Å². The van der Waals surface area contributed by atoms with E-state index in [4.69, 9.17) is 4.52 Å². The fourth-order valence-electron chi connectivity index (χ4n) is 4.63. The second kappa shape index (κ2) is 7.73. The zero-order valence-corrected chi connectivity index (χ0v) is 16.2. The Labute approximate surface area is 156 Å². The molecule has 1 aromatic heterocycles. The van der Waals surface area contributed by atoms with Crippen LogP contribution in [0.1, 0.15) is 61.4 Å². The van der Waals surface area contributed by atoms with Crippen LogP contribution in [0.3, 0.4) is 0 Å². The van der Waals surface area contributed by atoms with E-state index in [0.29, 0.717) is 0 Å². The number of fused-ring (bicyclic) bond motifs is 1. The van der Waals surface area contributed by atoms with Gasteiger partial charge in [0.05, 0.1) is 5.69 Å². The predicted molar refractivity (Wildman–Crippen MR) is 107 cm³/mol. The number of aryl methyl sites for hydroxylation is 3. The van der Waals surface area contributed by atoms with E-state index in [0.717, 1.165) is 30.6 Å². The minimum Gasteiger partial charge on any atom is -0.371 e. The van der Waals surface area contributed by atoms with Gasteiger partial charge < -0.3 is 14.7 Å². The number of hydrogen-bond donors (Lipinski definition) is 1. The first-order chi connectivity index (χ1) is 12.7. The maximum Gasteiger partial charge on any atom is 0.225 e. The fraction of sp³-hybridized carbons (Fsp3) is 0.591. The molecule has 4 heteroatoms. The highest BCUT2D eigenvalue weighted by molar-refractivity contribution is 5.59. The Hall–Kier alpha value is -1.97. The van der Waals surface area contributed by atoms with Crippen molar-refractivity contribution in [3.8, 4) is 0 Å². The van der Waals surface area contributed by atoms with Crippen LogP contribution < -0.4 is 10.2 Å². The minimum absolute atomic E-state index is 0.757. The van der Waals surface area contributed by atoms with Crippen LogP contribution in [0, 0.1) is 12.8 Å². The molecule has 0 bridgehead atoms. The predicted octanol–water partition coefficient (Wildman–Crippen LogP) is 5.10. The van der Waals surface area contributed by atoms with Crippen molar-refractivity contribution in [2.75, 3.05) is 23.3 Å². The molecule has 0 amide bonds. The first kappa shape index (κ1) is 17.4. The summed E-state index contributed by atoms with van der Waals surface area (Å²) in [7, 11) is 0. The SMILES string of the molecule is CCN(CC1CCCC1)c1cc2c(cc1CNc1cc(C)no1)CCC2. The van der Waals surface area contributed by atoms with Gasteiger partial charge in [-0.25, -0.2) is 0 Å². The molecule has 2 aliphatic rings. The molecule has 0 saturated heterocycles. The van der Waals surface area contributed by atoms with Crippen molar-refractivity contribution in [3.05, 3.63) is 40.6 Å². The van der Waals surface area contributed by atoms with Crippen molar-refractivity contribution in [2.45, 2.75) is 65.3 Å². The van der Waals surface area contributed by atoms with E-state index in [9.17, 15) is 0 Å². The molecule has 26 heavy (non-hydrogen) atoms. The number of hydrogen-bond acceptors (Lipinski definition) is 4. The normalized spacial score (nSPS) is 16.8. The summed E-state index contributed by atoms with van der Waals surface area (Å²) in [6, 6.07) is 6.87. The molecule has 0 unspecified atom stereocenters. The first-order valence-corrected chi connectivity index (χ1v) is 10.3. The van der Waals surface area contributed by atoms with Crippen LogP contribution in [0.25, 0.3) is 0 Å². The Kier molecular flexibility index (Phi) is 5.18. The first-order valence-electron chi connectivity index (χ1n) is 10.3. The molecular formula is C22H31N3O. The number of anilines is 2. The summed E-state index contributed by atoms with van der Waals surface area (Å²) >= 11 is 0. The molecule has 0 radical (unpaired) electrons. The topological polar surface area (TPSA) is 41.3 Å². The van der Waals surface area contributed by atoms with Crippen molar-refractivity contribution in [2.24, 2.45) is 5.92 Å². The second-order valence-electron chi connectivity index (χ2n) is 7.98. The Morgan fingerprint density at radius 3 is 2.58 bits per heavy atom. The molecule has 0 spiro atoms. The average molecular weight is 354 g/mol. The number of benzene rings is 1. The van der Waals surface area contributed by atoms with Gasteiger partial charge in [0.1, 0.15) is 0 Å². The zero-order chi connectivity index (χ0) is 17.9. The van der Waals surface area contributed by atoms with Crippen molar-refractivity contribution >= 4 is 11.6 Å². The van der Waals surface area contributed by atoms with E-state index in [1.165, 1.54) is 68.3 Å². The van der Waals surface area contributed by atoms with E-state index in [1.54, 1.807) is 5.56 Å². The van der Waals surface area contributed by atoms with Crippen LogP contribution in [-0.2, 0) is 19.4 Å². The van der Waals surface area contributed by atoms with E-state index < -0.39 is 0 Å². The van der Waals surface area contributed by atoms with Crippen LogP contribution in [0.5, 0.6) is 0 Å². The summed E-state index contributed by atoms with van der Waals surface area (Å²) < 4.78 is 5.34. The monoisotopic (exact) mass is 353 g/mol. The summed E-state index contributed by atoms with van der Waals surface area (Å²) in [6.45, 7) is 7.31. The maximum atomic E-state index is 5.34. The lowest BCUT2D eigenvalue weighted by molar-refractivity contribution is 0.427. The summed E-state index contributed by atoms with van der Waals surface area (Å²) in [5, 5.41) is 7.41. The van der Waals surface area contributed by atoms with Gasteiger partial charge in [0.25, 0.3) is 0 Å². The van der Waals surface area contributed by atoms with Crippen molar-refractivity contribution in [1.29, 1.82) is 0 Å². The number of rotatable bonds is 7. The molecule has 1 saturated carbocycles. The van der Waals surface area contributed by atoms with E-state index in [1.807, 2.05) is 13.0 Å². The second-order valence-corrected chi connectivity index (χ2v) is 7.98. The third kappa shape index (κ3) is 3.74. The van der Waals surface area contributed by atoms with Crippen molar-refractivity contribution in [1.82, 2.24) is 5.16 Å². The lowest BCUT2D eigenvalue weighted by atomic mass is 10.0. The molecule has 4 rings (SSSR count). The van der Waals surface area contributed by atoms with Crippen LogP contribution >= 0.6 is 0 Å². The molecule has 4 nitrogen and oxygen atoms in total. The molecule has 1 N–H and O–H groups in total. The maximum absolute atomic E-state index is 5.34. The fourth-order valence-corrected chi connectivity index (χ4v) is 4.63. The number of aromatic nitrogens is 1. The van der Waals surface area contributed by atoms with Crippen molar-refractivity contribution in [3.63, 3.8) is 0 Å². The van der Waals surface area contributed by atoms with Crippen LogP contribution in [-0.4, -0.2) is 18.2 Å². The lowest BCUT2D eigenvalue weighted by Gasteiger charge is -2.29. The van der Waals surface area contributed by atoms with Gasteiger partial charge in [-0.05, 0) is 74.6 Å². The van der Waals surface area contributed by atoms with Gasteiger partial charge in [-0.2, -0.15) is 0 Å². The molecule has 140 valence electrons. The Morgan fingerprint density at radius 2 is 1.88 bits per heavy atom. The van der Waals surface area contributed by atoms with Crippen LogP contribution in [0.15, 0.2) is 22.7 Å². The molecule has 2 aromatic rings. The minimum atomic E-state index is 0.757. The largest absolute Gasteiger partial charge is 0.371 e. The highest BCUT2D eigenvalue weighted by Gasteiger charge is 2.22. The molecule has 2 aliphatic carbocycles. The smallest absolute Gasteiger partial charge is 0.225 e.